The Morgan fingerprint density at radius 3 is 2.67 bits per heavy atom. The number of aryl methyl sites for hydroxylation is 1. The predicted molar refractivity (Wildman–Crippen MR) is 122 cm³/mol. The molecule has 0 spiro atoms. The highest BCUT2D eigenvalue weighted by atomic mass is 16.5. The molecule has 3 heterocycles. The highest BCUT2D eigenvalue weighted by Gasteiger charge is 2.18. The van der Waals surface area contributed by atoms with Gasteiger partial charge < -0.3 is 9.72 Å². The van der Waals surface area contributed by atoms with E-state index in [1.165, 1.54) is 16.5 Å². The Bertz CT molecular complexity index is 1140. The Kier molecular flexibility index (Phi) is 5.39. The van der Waals surface area contributed by atoms with E-state index in [2.05, 4.69) is 50.1 Å². The van der Waals surface area contributed by atoms with Crippen LogP contribution in [0.2, 0.25) is 0 Å². The summed E-state index contributed by atoms with van der Waals surface area (Å²) in [6, 6.07) is 19.0. The summed E-state index contributed by atoms with van der Waals surface area (Å²) >= 11 is 0. The zero-order valence-corrected chi connectivity index (χ0v) is 17.5. The van der Waals surface area contributed by atoms with Gasteiger partial charge in [-0.3, -0.25) is 14.8 Å². The zero-order valence-electron chi connectivity index (χ0n) is 17.5. The topological polar surface area (TPSA) is 44.4 Å². The molecule has 154 valence electrons. The minimum atomic E-state index is 0.703. The van der Waals surface area contributed by atoms with Crippen molar-refractivity contribution in [3.8, 4) is 5.75 Å². The van der Waals surface area contributed by atoms with E-state index in [4.69, 9.17) is 4.74 Å². The molecule has 2 aromatic heterocycles. The minimum Gasteiger partial charge on any atom is -0.492 e. The maximum absolute atomic E-state index is 6.12. The third-order valence-electron chi connectivity index (χ3n) is 6.03. The largest absolute Gasteiger partial charge is 0.492 e. The molecule has 0 bridgehead atoms. The van der Waals surface area contributed by atoms with E-state index in [1.807, 2.05) is 37.4 Å². The molecule has 4 aromatic rings. The quantitative estimate of drug-likeness (QED) is 0.526. The number of aromatic nitrogens is 2. The molecule has 0 atom stereocenters. The van der Waals surface area contributed by atoms with Crippen molar-refractivity contribution in [1.29, 1.82) is 0 Å². The normalized spacial score (nSPS) is 15.8. The van der Waals surface area contributed by atoms with Gasteiger partial charge in [0, 0.05) is 62.1 Å². The van der Waals surface area contributed by atoms with Crippen molar-refractivity contribution in [2.75, 3.05) is 39.3 Å². The summed E-state index contributed by atoms with van der Waals surface area (Å²) in [6.07, 6.45) is 2.03. The molecule has 5 heteroatoms. The molecule has 0 radical (unpaired) electrons. The highest BCUT2D eigenvalue weighted by Crippen LogP contribution is 2.24. The van der Waals surface area contributed by atoms with Gasteiger partial charge in [-0.2, -0.15) is 0 Å². The fourth-order valence-corrected chi connectivity index (χ4v) is 4.33. The Morgan fingerprint density at radius 1 is 0.933 bits per heavy atom. The van der Waals surface area contributed by atoms with Crippen LogP contribution >= 0.6 is 0 Å². The standard InChI is InChI=1S/C25H28N4O/c1-19-8-9-22-23(27-19)6-3-7-24(22)30-17-16-28-12-14-29(15-13-28)18-21-5-2-4-20-10-11-26-25(20)21/h2-11,26H,12-18H2,1H3. The van der Waals surface area contributed by atoms with Gasteiger partial charge in [0.2, 0.25) is 0 Å². The minimum absolute atomic E-state index is 0.703. The van der Waals surface area contributed by atoms with E-state index in [-0.39, 0.29) is 0 Å². The van der Waals surface area contributed by atoms with E-state index in [9.17, 15) is 0 Å². The first-order valence-electron chi connectivity index (χ1n) is 10.8. The second-order valence-electron chi connectivity index (χ2n) is 8.10. The molecular formula is C25H28N4O. The summed E-state index contributed by atoms with van der Waals surface area (Å²) in [5, 5.41) is 2.38. The fraction of sp³-hybridized carbons (Fsp3) is 0.320. The first-order valence-corrected chi connectivity index (χ1v) is 10.8. The molecule has 0 unspecified atom stereocenters. The SMILES string of the molecule is Cc1ccc2c(OCCN3CCN(Cc4cccc5cc[nH]c45)CC3)cccc2n1. The van der Waals surface area contributed by atoms with E-state index in [1.54, 1.807) is 0 Å². The van der Waals surface area contributed by atoms with E-state index < -0.39 is 0 Å². The number of H-pyrrole nitrogens is 1. The van der Waals surface area contributed by atoms with Crippen LogP contribution in [0.4, 0.5) is 0 Å². The van der Waals surface area contributed by atoms with Crippen LogP contribution in [-0.4, -0.2) is 59.1 Å². The average molecular weight is 401 g/mol. The third kappa shape index (κ3) is 4.04. The van der Waals surface area contributed by atoms with Crippen molar-refractivity contribution >= 4 is 21.8 Å². The Hall–Kier alpha value is -2.89. The average Bonchev–Trinajstić information content (AvgIpc) is 3.25. The van der Waals surface area contributed by atoms with Crippen molar-refractivity contribution < 1.29 is 4.74 Å². The summed E-state index contributed by atoms with van der Waals surface area (Å²) in [7, 11) is 0. The molecule has 1 aliphatic heterocycles. The van der Waals surface area contributed by atoms with Gasteiger partial charge in [0.25, 0.3) is 0 Å². The van der Waals surface area contributed by atoms with Gasteiger partial charge in [-0.1, -0.05) is 24.3 Å². The predicted octanol–water partition coefficient (Wildman–Crippen LogP) is 4.22. The number of nitrogens with one attached hydrogen (secondary N) is 1. The van der Waals surface area contributed by atoms with E-state index in [0.29, 0.717) is 6.61 Å². The van der Waals surface area contributed by atoms with Crippen LogP contribution in [0.3, 0.4) is 0 Å². The maximum Gasteiger partial charge on any atom is 0.128 e. The lowest BCUT2D eigenvalue weighted by atomic mass is 10.1. The molecule has 0 amide bonds. The number of aromatic amines is 1. The van der Waals surface area contributed by atoms with E-state index >= 15 is 0 Å². The fourth-order valence-electron chi connectivity index (χ4n) is 4.33. The van der Waals surface area contributed by atoms with Crippen LogP contribution < -0.4 is 4.74 Å². The summed E-state index contributed by atoms with van der Waals surface area (Å²) in [6.45, 7) is 9.03. The first kappa shape index (κ1) is 19.1. The van der Waals surface area contributed by atoms with Crippen LogP contribution in [0, 0.1) is 6.92 Å². The lowest BCUT2D eigenvalue weighted by molar-refractivity contribution is 0.113. The smallest absolute Gasteiger partial charge is 0.128 e. The molecule has 30 heavy (non-hydrogen) atoms. The van der Waals surface area contributed by atoms with Gasteiger partial charge in [0.15, 0.2) is 0 Å². The molecule has 1 fully saturated rings. The van der Waals surface area contributed by atoms with Gasteiger partial charge in [-0.15, -0.1) is 0 Å². The molecule has 0 saturated carbocycles. The number of ether oxygens (including phenoxy) is 1. The zero-order chi connectivity index (χ0) is 20.3. The summed E-state index contributed by atoms with van der Waals surface area (Å²) < 4.78 is 6.12. The second kappa shape index (κ2) is 8.46. The third-order valence-corrected chi connectivity index (χ3v) is 6.03. The summed E-state index contributed by atoms with van der Waals surface area (Å²) in [4.78, 5) is 13.0. The van der Waals surface area contributed by atoms with Crippen molar-refractivity contribution in [2.45, 2.75) is 13.5 Å². The molecule has 1 N–H and O–H groups in total. The van der Waals surface area contributed by atoms with Crippen LogP contribution in [0.1, 0.15) is 11.3 Å². The number of nitrogens with zero attached hydrogens (tertiary/aromatic N) is 3. The number of para-hydroxylation sites is 1. The number of hydrogen-bond donors (Lipinski definition) is 1. The van der Waals surface area contributed by atoms with Crippen molar-refractivity contribution in [2.24, 2.45) is 0 Å². The summed E-state index contributed by atoms with van der Waals surface area (Å²) in [5.74, 6) is 0.928. The highest BCUT2D eigenvalue weighted by molar-refractivity contribution is 5.85. The van der Waals surface area contributed by atoms with Gasteiger partial charge in [0.1, 0.15) is 12.4 Å². The van der Waals surface area contributed by atoms with Crippen LogP contribution in [-0.2, 0) is 6.54 Å². The Balaban J connectivity index is 1.12. The monoisotopic (exact) mass is 400 g/mol. The molecule has 5 nitrogen and oxygen atoms in total. The Morgan fingerprint density at radius 2 is 1.77 bits per heavy atom. The lowest BCUT2D eigenvalue weighted by Gasteiger charge is -2.34. The number of pyridine rings is 1. The van der Waals surface area contributed by atoms with Crippen molar-refractivity contribution in [3.63, 3.8) is 0 Å². The Labute approximate surface area is 177 Å². The van der Waals surface area contributed by atoms with Gasteiger partial charge in [-0.25, -0.2) is 0 Å². The second-order valence-corrected chi connectivity index (χ2v) is 8.10. The van der Waals surface area contributed by atoms with Gasteiger partial charge >= 0.3 is 0 Å². The van der Waals surface area contributed by atoms with Crippen LogP contribution in [0.15, 0.2) is 60.8 Å². The van der Waals surface area contributed by atoms with Gasteiger partial charge in [-0.05, 0) is 48.2 Å². The number of hydrogen-bond acceptors (Lipinski definition) is 4. The van der Waals surface area contributed by atoms with Crippen LogP contribution in [0.5, 0.6) is 5.75 Å². The number of fused-ring (bicyclic) bond motifs is 2. The molecule has 1 aliphatic rings. The van der Waals surface area contributed by atoms with E-state index in [0.717, 1.165) is 61.6 Å². The van der Waals surface area contributed by atoms with Crippen molar-refractivity contribution in [3.05, 3.63) is 72.1 Å². The van der Waals surface area contributed by atoms with Crippen LogP contribution in [0.25, 0.3) is 21.8 Å². The molecule has 2 aromatic carbocycles. The molecule has 0 aliphatic carbocycles. The molecule has 5 rings (SSSR count). The first-order chi connectivity index (χ1) is 14.8. The molecule has 1 saturated heterocycles. The van der Waals surface area contributed by atoms with Crippen molar-refractivity contribution in [1.82, 2.24) is 19.8 Å². The lowest BCUT2D eigenvalue weighted by Crippen LogP contribution is -2.47. The number of rotatable bonds is 6. The van der Waals surface area contributed by atoms with Gasteiger partial charge in [0.05, 0.1) is 5.52 Å². The summed E-state index contributed by atoms with van der Waals surface area (Å²) in [5.41, 5.74) is 4.69. The maximum atomic E-state index is 6.12. The number of piperazine rings is 1. The number of benzene rings is 2. The molecular weight excluding hydrogens is 372 g/mol.